The highest BCUT2D eigenvalue weighted by Crippen LogP contribution is 1.79. The Hall–Kier alpha value is -2.36. The van der Waals surface area contributed by atoms with Crippen LogP contribution in [0.4, 0.5) is 0 Å². The molecule has 0 aliphatic heterocycles. The number of carboxylic acids is 1. The maximum absolute atomic E-state index is 9.84. The summed E-state index contributed by atoms with van der Waals surface area (Å²) in [7, 11) is 1.31. The molecule has 0 saturated heterocycles. The minimum absolute atomic E-state index is 0.394. The molecule has 0 amide bonds. The zero-order valence-corrected chi connectivity index (χ0v) is 9.70. The molecule has 1 N–H and O–H groups in total. The number of carbonyl (C=O) groups excluding carboxylic acids is 1. The van der Waals surface area contributed by atoms with Crippen LogP contribution >= 0.6 is 0 Å². The maximum Gasteiger partial charge on any atom is 0.329 e. The molecule has 0 radical (unpaired) electrons. The van der Waals surface area contributed by atoms with E-state index in [9.17, 15) is 9.59 Å². The molecule has 0 spiro atoms. The van der Waals surface area contributed by atoms with Crippen molar-refractivity contribution < 1.29 is 19.4 Å². The molecule has 0 aliphatic rings. The number of methoxy groups -OCH3 is 1. The summed E-state index contributed by atoms with van der Waals surface area (Å²) in [5.74, 6) is -1.37. The van der Waals surface area contributed by atoms with Gasteiger partial charge in [-0.1, -0.05) is 49.6 Å². The van der Waals surface area contributed by atoms with Crippen molar-refractivity contribution in [1.29, 1.82) is 0 Å². The fourth-order valence-electron chi connectivity index (χ4n) is 0.468. The lowest BCUT2D eigenvalue weighted by Crippen LogP contribution is -1.91. The minimum atomic E-state index is -0.981. The Bertz CT molecular complexity index is 304. The number of carboxylic acid groups (broad SMARTS) is 1. The Labute approximate surface area is 101 Å². The van der Waals surface area contributed by atoms with Gasteiger partial charge >= 0.3 is 11.9 Å². The van der Waals surface area contributed by atoms with E-state index in [0.717, 1.165) is 12.2 Å². The van der Waals surface area contributed by atoms with Crippen molar-refractivity contribution in [2.24, 2.45) is 0 Å². The van der Waals surface area contributed by atoms with Gasteiger partial charge in [-0.3, -0.25) is 0 Å². The highest BCUT2D eigenvalue weighted by Gasteiger charge is 1.81. The minimum Gasteiger partial charge on any atom is -0.478 e. The maximum atomic E-state index is 9.84. The average Bonchev–Trinajstić information content (AvgIpc) is 2.41. The van der Waals surface area contributed by atoms with Gasteiger partial charge in [0.15, 0.2) is 0 Å². The van der Waals surface area contributed by atoms with Crippen LogP contribution in [-0.4, -0.2) is 24.2 Å². The van der Waals surface area contributed by atoms with Gasteiger partial charge in [-0.05, 0) is 0 Å². The first-order valence-electron chi connectivity index (χ1n) is 4.64. The molecule has 17 heavy (non-hydrogen) atoms. The molecule has 0 aromatic heterocycles. The zero-order chi connectivity index (χ0) is 13.5. The van der Waals surface area contributed by atoms with E-state index in [0.29, 0.717) is 0 Å². The quantitative estimate of drug-likeness (QED) is 0.632. The number of rotatable bonds is 2. The van der Waals surface area contributed by atoms with E-state index in [2.05, 4.69) is 17.9 Å². The van der Waals surface area contributed by atoms with Gasteiger partial charge in [0, 0.05) is 12.2 Å². The van der Waals surface area contributed by atoms with Gasteiger partial charge in [-0.25, -0.2) is 9.59 Å². The van der Waals surface area contributed by atoms with E-state index in [4.69, 9.17) is 5.11 Å². The Balaban J connectivity index is 0. The second-order valence-electron chi connectivity index (χ2n) is 2.42. The molecule has 1 aromatic carbocycles. The predicted molar refractivity (Wildman–Crippen MR) is 66.5 cm³/mol. The topological polar surface area (TPSA) is 63.6 Å². The van der Waals surface area contributed by atoms with Gasteiger partial charge in [0.2, 0.25) is 0 Å². The van der Waals surface area contributed by atoms with Crippen LogP contribution in [0.25, 0.3) is 0 Å². The van der Waals surface area contributed by atoms with Crippen molar-refractivity contribution in [2.45, 2.75) is 0 Å². The van der Waals surface area contributed by atoms with Crippen molar-refractivity contribution in [3.05, 3.63) is 61.7 Å². The highest BCUT2D eigenvalue weighted by atomic mass is 16.5. The molecule has 0 saturated carbocycles. The third kappa shape index (κ3) is 19.9. The van der Waals surface area contributed by atoms with Crippen molar-refractivity contribution >= 4 is 11.9 Å². The summed E-state index contributed by atoms with van der Waals surface area (Å²) in [6.07, 6.45) is 1.94. The molecular formula is C13H16O4. The van der Waals surface area contributed by atoms with Crippen LogP contribution in [0.1, 0.15) is 0 Å². The molecule has 1 aromatic rings. The van der Waals surface area contributed by atoms with Crippen LogP contribution in [0.15, 0.2) is 61.7 Å². The van der Waals surface area contributed by atoms with Gasteiger partial charge < -0.3 is 9.84 Å². The first-order valence-corrected chi connectivity index (χ1v) is 4.64. The number of carbonyl (C=O) groups is 2. The summed E-state index contributed by atoms with van der Waals surface area (Å²) in [6.45, 7) is 6.12. The van der Waals surface area contributed by atoms with Gasteiger partial charge in [0.25, 0.3) is 0 Å². The normalized spacial score (nSPS) is 7.12. The van der Waals surface area contributed by atoms with Crippen LogP contribution in [-0.2, 0) is 14.3 Å². The number of ether oxygens (including phenoxy) is 1. The largest absolute Gasteiger partial charge is 0.478 e. The smallest absolute Gasteiger partial charge is 0.329 e. The second-order valence-corrected chi connectivity index (χ2v) is 2.42. The standard InChI is InChI=1S/C6H6.C4H6O2.C3H4O2/c1-2-4-6-5-3-1;1-3-4(5)6-2;1-2-3(4)5/h1-6H;3H,1H2,2H3;2H,1H2,(H,4,5). The molecule has 0 unspecified atom stereocenters. The van der Waals surface area contributed by atoms with Crippen LogP contribution in [0.3, 0.4) is 0 Å². The Kier molecular flexibility index (Phi) is 13.7. The van der Waals surface area contributed by atoms with Crippen LogP contribution in [0, 0.1) is 0 Å². The molecule has 0 fully saturated rings. The summed E-state index contributed by atoms with van der Waals surface area (Å²) < 4.78 is 4.14. The molecule has 0 aliphatic carbocycles. The fourth-order valence-corrected chi connectivity index (χ4v) is 0.468. The van der Waals surface area contributed by atoms with Gasteiger partial charge in [-0.2, -0.15) is 0 Å². The molecular weight excluding hydrogens is 220 g/mol. The molecule has 1 rings (SSSR count). The molecule has 0 atom stereocenters. The number of hydrogen-bond acceptors (Lipinski definition) is 3. The van der Waals surface area contributed by atoms with Gasteiger partial charge in [0.05, 0.1) is 7.11 Å². The van der Waals surface area contributed by atoms with E-state index in [1.54, 1.807) is 0 Å². The van der Waals surface area contributed by atoms with E-state index in [1.807, 2.05) is 36.4 Å². The Morgan fingerprint density at radius 1 is 1.00 bits per heavy atom. The first kappa shape index (κ1) is 17.0. The van der Waals surface area contributed by atoms with Crippen molar-refractivity contribution in [3.8, 4) is 0 Å². The van der Waals surface area contributed by atoms with Crippen LogP contribution in [0.5, 0.6) is 0 Å². The predicted octanol–water partition coefficient (Wildman–Crippen LogP) is 2.29. The van der Waals surface area contributed by atoms with Crippen LogP contribution < -0.4 is 0 Å². The highest BCUT2D eigenvalue weighted by molar-refractivity contribution is 5.80. The molecule has 92 valence electrons. The second kappa shape index (κ2) is 13.6. The monoisotopic (exact) mass is 236 g/mol. The first-order chi connectivity index (χ1) is 8.08. The summed E-state index contributed by atoms with van der Waals surface area (Å²) in [5, 5.41) is 7.60. The van der Waals surface area contributed by atoms with Crippen LogP contribution in [0.2, 0.25) is 0 Å². The van der Waals surface area contributed by atoms with E-state index < -0.39 is 11.9 Å². The van der Waals surface area contributed by atoms with Crippen molar-refractivity contribution in [3.63, 3.8) is 0 Å². The number of aliphatic carboxylic acids is 1. The Morgan fingerprint density at radius 3 is 1.35 bits per heavy atom. The summed E-state index contributed by atoms with van der Waals surface area (Å²) >= 11 is 0. The lowest BCUT2D eigenvalue weighted by molar-refractivity contribution is -0.135. The summed E-state index contributed by atoms with van der Waals surface area (Å²) in [4.78, 5) is 19.1. The third-order valence-corrected chi connectivity index (χ3v) is 1.21. The number of hydrogen-bond donors (Lipinski definition) is 1. The van der Waals surface area contributed by atoms with E-state index in [1.165, 1.54) is 7.11 Å². The zero-order valence-electron chi connectivity index (χ0n) is 9.70. The number of esters is 1. The third-order valence-electron chi connectivity index (χ3n) is 1.21. The fraction of sp³-hybridized carbons (Fsp3) is 0.0769. The van der Waals surface area contributed by atoms with Gasteiger partial charge in [0.1, 0.15) is 0 Å². The summed E-state index contributed by atoms with van der Waals surface area (Å²) in [6, 6.07) is 12.0. The van der Waals surface area contributed by atoms with E-state index in [-0.39, 0.29) is 0 Å². The molecule has 0 heterocycles. The lowest BCUT2D eigenvalue weighted by Gasteiger charge is -1.83. The van der Waals surface area contributed by atoms with Crippen molar-refractivity contribution in [2.75, 3.05) is 7.11 Å². The SMILES string of the molecule is C=CC(=O)O.C=CC(=O)OC.c1ccccc1. The Morgan fingerprint density at radius 2 is 1.29 bits per heavy atom. The molecule has 0 bridgehead atoms. The molecule has 4 nitrogen and oxygen atoms in total. The average molecular weight is 236 g/mol. The lowest BCUT2D eigenvalue weighted by atomic mass is 10.4. The summed E-state index contributed by atoms with van der Waals surface area (Å²) in [5.41, 5.74) is 0. The van der Waals surface area contributed by atoms with E-state index >= 15 is 0 Å². The van der Waals surface area contributed by atoms with Gasteiger partial charge in [-0.15, -0.1) is 0 Å². The van der Waals surface area contributed by atoms with Crippen molar-refractivity contribution in [1.82, 2.24) is 0 Å². The molecule has 4 heteroatoms. The number of benzene rings is 1.